The number of ether oxygens (including phenoxy) is 1. The molecule has 0 spiro atoms. The summed E-state index contributed by atoms with van der Waals surface area (Å²) < 4.78 is 44.7. The lowest BCUT2D eigenvalue weighted by Gasteiger charge is -2.23. The number of carbonyl (C=O) groups is 1. The van der Waals surface area contributed by atoms with E-state index in [1.54, 1.807) is 6.07 Å². The molecule has 22 heavy (non-hydrogen) atoms. The predicted molar refractivity (Wildman–Crippen MR) is 74.5 cm³/mol. The fraction of sp³-hybridized carbons (Fsp3) is 0.429. The van der Waals surface area contributed by atoms with Crippen molar-refractivity contribution < 1.29 is 22.3 Å². The van der Waals surface area contributed by atoms with Crippen LogP contribution in [0.5, 0.6) is 0 Å². The van der Waals surface area contributed by atoms with Crippen molar-refractivity contribution in [2.75, 3.05) is 6.54 Å². The summed E-state index contributed by atoms with van der Waals surface area (Å²) in [5.74, 6) is -1.65. The minimum Gasteiger partial charge on any atom is -0.446 e. The second-order valence-electron chi connectivity index (χ2n) is 4.91. The molecule has 1 aliphatic heterocycles. The Balaban J connectivity index is 2.29. The summed E-state index contributed by atoms with van der Waals surface area (Å²) in [5.41, 5.74) is 0. The average molecular weight is 326 g/mol. The first-order valence-electron chi connectivity index (χ1n) is 6.74. The van der Waals surface area contributed by atoms with Crippen LogP contribution in [0.2, 0.25) is 0 Å². The molecule has 0 N–H and O–H groups in total. The van der Waals surface area contributed by atoms with Gasteiger partial charge >= 0.3 is 5.97 Å². The Morgan fingerprint density at radius 1 is 1.50 bits per heavy atom. The molecule has 0 unspecified atom stereocenters. The standard InChI is InChI=1S/C14H15FN2O4S/c1-10(9-16)21-14(18)12-6-4-8-17(12)22(19,20)13-7-3-2-5-11(13)15/h2-3,5,7,10,12H,4,6,8H2,1H3/t10-,12-/m0/s1. The molecule has 2 atom stereocenters. The Morgan fingerprint density at radius 2 is 2.18 bits per heavy atom. The largest absolute Gasteiger partial charge is 0.446 e. The molecule has 1 heterocycles. The van der Waals surface area contributed by atoms with Gasteiger partial charge < -0.3 is 4.74 Å². The van der Waals surface area contributed by atoms with Crippen molar-refractivity contribution in [1.82, 2.24) is 4.31 Å². The van der Waals surface area contributed by atoms with Gasteiger partial charge in [0.25, 0.3) is 0 Å². The predicted octanol–water partition coefficient (Wildman–Crippen LogP) is 1.43. The fourth-order valence-corrected chi connectivity index (χ4v) is 4.04. The smallest absolute Gasteiger partial charge is 0.325 e. The van der Waals surface area contributed by atoms with Crippen LogP contribution in [0.1, 0.15) is 19.8 Å². The maximum Gasteiger partial charge on any atom is 0.325 e. The lowest BCUT2D eigenvalue weighted by molar-refractivity contribution is -0.149. The summed E-state index contributed by atoms with van der Waals surface area (Å²) in [6.07, 6.45) is -0.218. The first kappa shape index (κ1) is 16.4. The molecule has 1 fully saturated rings. The van der Waals surface area contributed by atoms with Crippen molar-refractivity contribution in [3.63, 3.8) is 0 Å². The summed E-state index contributed by atoms with van der Waals surface area (Å²) >= 11 is 0. The van der Waals surface area contributed by atoms with E-state index in [1.807, 2.05) is 0 Å². The molecule has 2 rings (SSSR count). The summed E-state index contributed by atoms with van der Waals surface area (Å²) in [7, 11) is -4.13. The molecule has 0 bridgehead atoms. The Labute approximate surface area is 128 Å². The van der Waals surface area contributed by atoms with Gasteiger partial charge in [-0.25, -0.2) is 12.8 Å². The zero-order valence-corrected chi connectivity index (χ0v) is 12.7. The monoisotopic (exact) mass is 326 g/mol. The van der Waals surface area contributed by atoms with E-state index in [4.69, 9.17) is 10.00 Å². The number of nitrogens with zero attached hydrogens (tertiary/aromatic N) is 2. The minimum absolute atomic E-state index is 0.109. The molecule has 118 valence electrons. The van der Waals surface area contributed by atoms with Crippen LogP contribution in [-0.4, -0.2) is 37.4 Å². The number of rotatable bonds is 4. The molecule has 1 aromatic rings. The SMILES string of the molecule is C[C@@H](C#N)OC(=O)[C@@H]1CCCN1S(=O)(=O)c1ccccc1F. The topological polar surface area (TPSA) is 87.5 Å². The van der Waals surface area contributed by atoms with Gasteiger partial charge in [-0.05, 0) is 31.9 Å². The van der Waals surface area contributed by atoms with Crippen LogP contribution in [0.15, 0.2) is 29.2 Å². The number of halogens is 1. The van der Waals surface area contributed by atoms with Crippen LogP contribution in [0.3, 0.4) is 0 Å². The molecule has 1 aliphatic rings. The van der Waals surface area contributed by atoms with Gasteiger partial charge in [-0.2, -0.15) is 9.57 Å². The number of carbonyl (C=O) groups excluding carboxylic acids is 1. The molecule has 0 radical (unpaired) electrons. The first-order chi connectivity index (χ1) is 10.4. The second kappa shape index (κ2) is 6.42. The van der Waals surface area contributed by atoms with E-state index in [-0.39, 0.29) is 13.0 Å². The van der Waals surface area contributed by atoms with Crippen LogP contribution < -0.4 is 0 Å². The van der Waals surface area contributed by atoms with Crippen molar-refractivity contribution in [3.05, 3.63) is 30.1 Å². The fourth-order valence-electron chi connectivity index (χ4n) is 2.32. The van der Waals surface area contributed by atoms with Crippen LogP contribution in [0.25, 0.3) is 0 Å². The molecule has 0 amide bonds. The number of benzene rings is 1. The van der Waals surface area contributed by atoms with Crippen LogP contribution in [0.4, 0.5) is 4.39 Å². The van der Waals surface area contributed by atoms with Gasteiger partial charge in [-0.1, -0.05) is 12.1 Å². The zero-order valence-electron chi connectivity index (χ0n) is 11.9. The summed E-state index contributed by atoms with van der Waals surface area (Å²) in [6.45, 7) is 1.50. The third kappa shape index (κ3) is 3.10. The van der Waals surface area contributed by atoms with E-state index < -0.39 is 38.9 Å². The van der Waals surface area contributed by atoms with E-state index >= 15 is 0 Å². The van der Waals surface area contributed by atoms with Crippen LogP contribution >= 0.6 is 0 Å². The molecule has 1 saturated heterocycles. The molecule has 1 aromatic carbocycles. The highest BCUT2D eigenvalue weighted by molar-refractivity contribution is 7.89. The Hall–Kier alpha value is -1.98. The van der Waals surface area contributed by atoms with Gasteiger partial charge in [-0.15, -0.1) is 0 Å². The van der Waals surface area contributed by atoms with Gasteiger partial charge in [0.15, 0.2) is 6.10 Å². The van der Waals surface area contributed by atoms with Crippen LogP contribution in [0, 0.1) is 17.1 Å². The van der Waals surface area contributed by atoms with E-state index in [0.717, 1.165) is 16.4 Å². The second-order valence-corrected chi connectivity index (χ2v) is 6.77. The summed E-state index contributed by atoms with van der Waals surface area (Å²) in [4.78, 5) is 11.5. The van der Waals surface area contributed by atoms with Crippen molar-refractivity contribution in [1.29, 1.82) is 5.26 Å². The molecule has 8 heteroatoms. The summed E-state index contributed by atoms with van der Waals surface area (Å²) in [6, 6.07) is 5.72. The zero-order chi connectivity index (χ0) is 16.3. The Bertz CT molecular complexity index is 714. The van der Waals surface area contributed by atoms with E-state index in [9.17, 15) is 17.6 Å². The van der Waals surface area contributed by atoms with Crippen molar-refractivity contribution >= 4 is 16.0 Å². The highest BCUT2D eigenvalue weighted by Crippen LogP contribution is 2.28. The number of nitriles is 1. The molecule has 6 nitrogen and oxygen atoms in total. The number of esters is 1. The van der Waals surface area contributed by atoms with E-state index in [0.29, 0.717) is 6.42 Å². The van der Waals surface area contributed by atoms with Gasteiger partial charge in [0.1, 0.15) is 22.8 Å². The highest BCUT2D eigenvalue weighted by Gasteiger charge is 2.41. The lowest BCUT2D eigenvalue weighted by atomic mass is 10.2. The van der Waals surface area contributed by atoms with Gasteiger partial charge in [0.05, 0.1) is 0 Å². The first-order valence-corrected chi connectivity index (χ1v) is 8.18. The van der Waals surface area contributed by atoms with Gasteiger partial charge in [0.2, 0.25) is 10.0 Å². The van der Waals surface area contributed by atoms with E-state index in [2.05, 4.69) is 0 Å². The highest BCUT2D eigenvalue weighted by atomic mass is 32.2. The van der Waals surface area contributed by atoms with Gasteiger partial charge in [-0.3, -0.25) is 4.79 Å². The molecular formula is C14H15FN2O4S. The molecule has 0 saturated carbocycles. The van der Waals surface area contributed by atoms with Crippen molar-refractivity contribution in [2.45, 2.75) is 36.8 Å². The van der Waals surface area contributed by atoms with E-state index in [1.165, 1.54) is 19.1 Å². The Morgan fingerprint density at radius 3 is 2.82 bits per heavy atom. The Kier molecular flexibility index (Phi) is 4.78. The quantitative estimate of drug-likeness (QED) is 0.781. The molecule has 0 aromatic heterocycles. The third-order valence-corrected chi connectivity index (χ3v) is 5.32. The average Bonchev–Trinajstić information content (AvgIpc) is 2.97. The number of sulfonamides is 1. The maximum atomic E-state index is 13.8. The minimum atomic E-state index is -4.13. The van der Waals surface area contributed by atoms with Crippen LogP contribution in [-0.2, 0) is 19.6 Å². The van der Waals surface area contributed by atoms with Crippen molar-refractivity contribution in [3.8, 4) is 6.07 Å². The molecular weight excluding hydrogens is 311 g/mol. The number of hydrogen-bond donors (Lipinski definition) is 0. The lowest BCUT2D eigenvalue weighted by Crippen LogP contribution is -2.42. The van der Waals surface area contributed by atoms with Crippen molar-refractivity contribution in [2.24, 2.45) is 0 Å². The molecule has 0 aliphatic carbocycles. The van der Waals surface area contributed by atoms with Gasteiger partial charge in [0, 0.05) is 6.54 Å². The summed E-state index contributed by atoms with van der Waals surface area (Å²) in [5, 5.41) is 8.66. The third-order valence-electron chi connectivity index (χ3n) is 3.37. The number of hydrogen-bond acceptors (Lipinski definition) is 5. The normalized spacial score (nSPS) is 20.3. The maximum absolute atomic E-state index is 13.8.